The molecule has 0 bridgehead atoms. The van der Waals surface area contributed by atoms with Gasteiger partial charge in [-0.25, -0.2) is 4.98 Å². The fraction of sp³-hybridized carbons (Fsp3) is 0.591. The summed E-state index contributed by atoms with van der Waals surface area (Å²) in [5, 5.41) is 0. The molecular formula is C22H31N5O. The first-order valence-electron chi connectivity index (χ1n) is 10.6. The van der Waals surface area contributed by atoms with Gasteiger partial charge in [-0.15, -0.1) is 0 Å². The number of pyridine rings is 1. The smallest absolute Gasteiger partial charge is 0.222 e. The SMILES string of the molecule is CCCn1ccnc1CN1CCC2(CCC(=O)N(Cc3ccccn3)C2)CC1. The first kappa shape index (κ1) is 19.1. The number of rotatable bonds is 6. The van der Waals surface area contributed by atoms with E-state index in [1.165, 1.54) is 5.82 Å². The fourth-order valence-electron chi connectivity index (χ4n) is 4.66. The molecule has 4 rings (SSSR count). The summed E-state index contributed by atoms with van der Waals surface area (Å²) in [6.45, 7) is 7.86. The zero-order valence-electron chi connectivity index (χ0n) is 16.9. The van der Waals surface area contributed by atoms with Crippen molar-refractivity contribution in [3.63, 3.8) is 0 Å². The highest BCUT2D eigenvalue weighted by Gasteiger charge is 2.41. The van der Waals surface area contributed by atoms with Crippen LogP contribution >= 0.6 is 0 Å². The molecule has 2 saturated heterocycles. The molecule has 1 amide bonds. The second-order valence-electron chi connectivity index (χ2n) is 8.38. The number of hydrogen-bond acceptors (Lipinski definition) is 4. The molecule has 2 aliphatic heterocycles. The van der Waals surface area contributed by atoms with Crippen molar-refractivity contribution in [2.24, 2.45) is 5.41 Å². The van der Waals surface area contributed by atoms with Gasteiger partial charge in [-0.2, -0.15) is 0 Å². The Hall–Kier alpha value is -2.21. The minimum atomic E-state index is 0.276. The zero-order valence-corrected chi connectivity index (χ0v) is 16.9. The van der Waals surface area contributed by atoms with Gasteiger partial charge < -0.3 is 9.47 Å². The molecule has 0 atom stereocenters. The second kappa shape index (κ2) is 8.43. The number of carbonyl (C=O) groups is 1. The number of carbonyl (C=O) groups excluding carboxylic acids is 1. The van der Waals surface area contributed by atoms with Gasteiger partial charge in [0, 0.05) is 38.1 Å². The van der Waals surface area contributed by atoms with Crippen molar-refractivity contribution in [2.75, 3.05) is 19.6 Å². The Balaban J connectivity index is 1.35. The van der Waals surface area contributed by atoms with E-state index in [4.69, 9.17) is 0 Å². The lowest BCUT2D eigenvalue weighted by molar-refractivity contribution is -0.140. The van der Waals surface area contributed by atoms with Gasteiger partial charge in [0.05, 0.1) is 18.8 Å². The molecule has 2 aromatic rings. The lowest BCUT2D eigenvalue weighted by atomic mass is 9.72. The van der Waals surface area contributed by atoms with Gasteiger partial charge in [0.25, 0.3) is 0 Å². The standard InChI is InChI=1S/C22H31N5O/c1-2-12-26-15-11-24-20(26)17-25-13-8-22(9-14-25)7-6-21(28)27(18-22)16-19-5-3-4-10-23-19/h3-5,10-11,15H,2,6-9,12-14,16-18H2,1H3. The van der Waals surface area contributed by atoms with Crippen LogP contribution in [0, 0.1) is 5.41 Å². The molecule has 6 nitrogen and oxygen atoms in total. The molecule has 150 valence electrons. The van der Waals surface area contributed by atoms with Crippen LogP contribution in [-0.2, 0) is 24.4 Å². The van der Waals surface area contributed by atoms with E-state index in [-0.39, 0.29) is 11.3 Å². The Morgan fingerprint density at radius 2 is 1.93 bits per heavy atom. The minimum absolute atomic E-state index is 0.276. The highest BCUT2D eigenvalue weighted by atomic mass is 16.2. The largest absolute Gasteiger partial charge is 0.336 e. The Labute approximate surface area is 167 Å². The van der Waals surface area contributed by atoms with Crippen molar-refractivity contribution in [3.8, 4) is 0 Å². The van der Waals surface area contributed by atoms with E-state index in [0.29, 0.717) is 13.0 Å². The van der Waals surface area contributed by atoms with Gasteiger partial charge in [0.2, 0.25) is 5.91 Å². The lowest BCUT2D eigenvalue weighted by Gasteiger charge is -2.47. The Bertz CT molecular complexity index is 779. The molecule has 0 saturated carbocycles. The number of likely N-dealkylation sites (tertiary alicyclic amines) is 2. The third-order valence-corrected chi connectivity index (χ3v) is 6.38. The van der Waals surface area contributed by atoms with Crippen molar-refractivity contribution < 1.29 is 4.79 Å². The quantitative estimate of drug-likeness (QED) is 0.772. The van der Waals surface area contributed by atoms with Crippen LogP contribution < -0.4 is 0 Å². The summed E-state index contributed by atoms with van der Waals surface area (Å²) >= 11 is 0. The van der Waals surface area contributed by atoms with Gasteiger partial charge in [0.1, 0.15) is 5.82 Å². The van der Waals surface area contributed by atoms with Gasteiger partial charge in [-0.3, -0.25) is 14.7 Å². The monoisotopic (exact) mass is 381 g/mol. The van der Waals surface area contributed by atoms with Crippen LogP contribution in [-0.4, -0.2) is 49.9 Å². The van der Waals surface area contributed by atoms with Crippen molar-refractivity contribution in [3.05, 3.63) is 48.3 Å². The fourth-order valence-corrected chi connectivity index (χ4v) is 4.66. The molecule has 1 spiro atoms. The number of aryl methyl sites for hydroxylation is 1. The maximum Gasteiger partial charge on any atom is 0.222 e. The third kappa shape index (κ3) is 4.27. The average molecular weight is 382 g/mol. The Morgan fingerprint density at radius 3 is 2.68 bits per heavy atom. The number of hydrogen-bond donors (Lipinski definition) is 0. The summed E-state index contributed by atoms with van der Waals surface area (Å²) in [6, 6.07) is 5.92. The van der Waals surface area contributed by atoms with Gasteiger partial charge in [-0.05, 0) is 56.3 Å². The van der Waals surface area contributed by atoms with E-state index in [0.717, 1.165) is 64.1 Å². The van der Waals surface area contributed by atoms with E-state index < -0.39 is 0 Å². The molecule has 0 N–H and O–H groups in total. The van der Waals surface area contributed by atoms with Gasteiger partial charge in [0.15, 0.2) is 0 Å². The summed E-state index contributed by atoms with van der Waals surface area (Å²) in [5.74, 6) is 1.45. The van der Waals surface area contributed by atoms with E-state index in [1.54, 1.807) is 6.20 Å². The molecule has 0 unspecified atom stereocenters. The van der Waals surface area contributed by atoms with Crippen LogP contribution in [0.15, 0.2) is 36.8 Å². The maximum absolute atomic E-state index is 12.5. The van der Waals surface area contributed by atoms with E-state index >= 15 is 0 Å². The van der Waals surface area contributed by atoms with E-state index in [2.05, 4.69) is 32.6 Å². The van der Waals surface area contributed by atoms with Crippen LogP contribution in [0.3, 0.4) is 0 Å². The predicted molar refractivity (Wildman–Crippen MR) is 108 cm³/mol. The molecule has 2 fully saturated rings. The summed E-state index contributed by atoms with van der Waals surface area (Å²) in [5.41, 5.74) is 1.26. The zero-order chi connectivity index (χ0) is 19.4. The molecule has 0 radical (unpaired) electrons. The molecule has 6 heteroatoms. The van der Waals surface area contributed by atoms with Crippen molar-refractivity contribution in [1.82, 2.24) is 24.3 Å². The van der Waals surface area contributed by atoms with Crippen LogP contribution in [0.1, 0.15) is 50.5 Å². The summed E-state index contributed by atoms with van der Waals surface area (Å²) in [7, 11) is 0. The van der Waals surface area contributed by atoms with E-state index in [1.807, 2.05) is 29.3 Å². The number of amides is 1. The van der Waals surface area contributed by atoms with Crippen LogP contribution in [0.5, 0.6) is 0 Å². The molecular weight excluding hydrogens is 350 g/mol. The minimum Gasteiger partial charge on any atom is -0.336 e. The molecule has 28 heavy (non-hydrogen) atoms. The van der Waals surface area contributed by atoms with Crippen molar-refractivity contribution in [2.45, 2.75) is 58.7 Å². The van der Waals surface area contributed by atoms with Crippen molar-refractivity contribution in [1.29, 1.82) is 0 Å². The third-order valence-electron chi connectivity index (χ3n) is 6.38. The van der Waals surface area contributed by atoms with Crippen LogP contribution in [0.2, 0.25) is 0 Å². The van der Waals surface area contributed by atoms with Crippen molar-refractivity contribution >= 4 is 5.91 Å². The first-order valence-corrected chi connectivity index (χ1v) is 10.6. The van der Waals surface area contributed by atoms with Gasteiger partial charge in [-0.1, -0.05) is 13.0 Å². The number of imidazole rings is 1. The molecule has 2 aliphatic rings. The molecule has 0 aromatic carbocycles. The summed E-state index contributed by atoms with van der Waals surface area (Å²) < 4.78 is 2.28. The predicted octanol–water partition coefficient (Wildman–Crippen LogP) is 3.09. The lowest BCUT2D eigenvalue weighted by Crippen LogP contribution is -2.51. The van der Waals surface area contributed by atoms with Crippen LogP contribution in [0.4, 0.5) is 0 Å². The normalized spacial score (nSPS) is 20.0. The molecule has 0 aliphatic carbocycles. The topological polar surface area (TPSA) is 54.3 Å². The molecule has 2 aromatic heterocycles. The Kier molecular flexibility index (Phi) is 5.76. The van der Waals surface area contributed by atoms with Crippen LogP contribution in [0.25, 0.3) is 0 Å². The molecule has 4 heterocycles. The number of piperidine rings is 2. The van der Waals surface area contributed by atoms with E-state index in [9.17, 15) is 4.79 Å². The number of nitrogens with zero attached hydrogens (tertiary/aromatic N) is 5. The Morgan fingerprint density at radius 1 is 1.07 bits per heavy atom. The van der Waals surface area contributed by atoms with Gasteiger partial charge >= 0.3 is 0 Å². The summed E-state index contributed by atoms with van der Waals surface area (Å²) in [4.78, 5) is 26.0. The highest BCUT2D eigenvalue weighted by molar-refractivity contribution is 5.77. The first-order chi connectivity index (χ1) is 13.7. The number of aromatic nitrogens is 3. The summed E-state index contributed by atoms with van der Waals surface area (Å²) in [6.07, 6.45) is 11.0. The second-order valence-corrected chi connectivity index (χ2v) is 8.38. The average Bonchev–Trinajstić information content (AvgIpc) is 3.15. The maximum atomic E-state index is 12.5. The highest BCUT2D eigenvalue weighted by Crippen LogP contribution is 2.40.